The Labute approximate surface area is 761 Å². The number of benzene rings is 6. The fraction of sp³-hybridized carbons (Fsp3) is 0.522. The Morgan fingerprint density at radius 2 is 0.669 bits per heavy atom. The summed E-state index contributed by atoms with van der Waals surface area (Å²) in [6, 6.07) is 21.4. The Bertz CT molecular complexity index is 5890. The molecular weight excluding hydrogens is 1740 g/mol. The van der Waals surface area contributed by atoms with Gasteiger partial charge in [0, 0.05) is 35.5 Å². The van der Waals surface area contributed by atoms with E-state index >= 15 is 0 Å². The van der Waals surface area contributed by atoms with Gasteiger partial charge in [0.05, 0.1) is 131 Å². The molecular formula is C90H96O39S. The molecule has 15 aliphatic rings. The standard InChI is InChI=1S/C32H32O13S.2C29H32O13/c1-37-19-6-13(7-20(38-2)25(19)33)23-14-8-17-18(42-12-41-17)9-15(14)28(16-10-39-30(36)24(16)23)44-32-27(35)26(34)29-21(43-32)11-40-31(45-29)22-4-3-5-46-22;2*1-11-36-9-20-27(40-11)24(31)25(32)29(41-20)42-26-14-7-17-16(38-10-39-17)6-13(14)21(22-15(26)8-37-28(22)33)12-4-18(34-2)23(30)19(5-12)35-3/h3-9,16,21,23-24,26-29,31-35H,10-12H2,1-2H3;2*4-7,11,15,20-22,24-27,29-32H,8-10H2,1-3H3/t16-,21+,23+,24-,26+,27+,28+,29+,31+,32-;2*11-,15+,20-,21-,22+,24-,25-,26-,27-,29+/m011/s1/i12D2;2D3,3D3,10D2;10D2. The molecule has 0 unspecified atom stereocenters. The highest BCUT2D eigenvalue weighted by atomic mass is 32.1. The van der Waals surface area contributed by atoms with Crippen LogP contribution in [0.1, 0.15) is 128 Å². The second kappa shape index (κ2) is 35.3. The first kappa shape index (κ1) is 74.3. The molecule has 0 spiro atoms. The van der Waals surface area contributed by atoms with Crippen molar-refractivity contribution in [2.75, 3.05) is 102 Å². The van der Waals surface area contributed by atoms with Crippen LogP contribution < -0.4 is 56.8 Å². The van der Waals surface area contributed by atoms with Crippen LogP contribution in [-0.4, -0.2) is 271 Å². The minimum absolute atomic E-state index is 0.0162. The number of esters is 3. The zero-order chi connectivity index (χ0) is 101. The van der Waals surface area contributed by atoms with Crippen LogP contribution in [0.25, 0.3) is 0 Å². The van der Waals surface area contributed by atoms with E-state index < -0.39 is 252 Å². The molecule has 696 valence electrons. The maximum Gasteiger partial charge on any atom is 0.310 e. The van der Waals surface area contributed by atoms with Gasteiger partial charge >= 0.3 is 17.9 Å². The highest BCUT2D eigenvalue weighted by molar-refractivity contribution is 7.10. The molecule has 30 atom stereocenters. The zero-order valence-electron chi connectivity index (χ0n) is 81.4. The first-order chi connectivity index (χ1) is 67.3. The molecule has 39 nitrogen and oxygen atoms in total. The van der Waals surface area contributed by atoms with Crippen LogP contribution in [0.3, 0.4) is 0 Å². The fourth-order valence-electron chi connectivity index (χ4n) is 20.2. The maximum atomic E-state index is 13.6. The van der Waals surface area contributed by atoms with Crippen LogP contribution in [0.15, 0.2) is 90.3 Å². The number of phenolic OH excluding ortho intramolecular Hbond substituents is 3. The van der Waals surface area contributed by atoms with Gasteiger partial charge in [0.2, 0.25) is 37.5 Å². The van der Waals surface area contributed by atoms with Crippen LogP contribution >= 0.6 is 11.3 Å². The number of aromatic hydroxyl groups is 3. The van der Waals surface area contributed by atoms with Gasteiger partial charge in [0.25, 0.3) is 0 Å². The number of cyclic esters (lactones) is 3. The summed E-state index contributed by atoms with van der Waals surface area (Å²) < 4.78 is 246. The monoisotopic (exact) mass is 1840 g/mol. The molecule has 3 aliphatic carbocycles. The van der Waals surface area contributed by atoms with Gasteiger partial charge in [0.1, 0.15) is 81.5 Å². The summed E-state index contributed by atoms with van der Waals surface area (Å²) in [7, 11) is -0.631. The van der Waals surface area contributed by atoms with Crippen LogP contribution in [-0.2, 0) is 85.4 Å². The molecule has 9 saturated heterocycles. The predicted molar refractivity (Wildman–Crippen MR) is 433 cm³/mol. The van der Waals surface area contributed by atoms with E-state index in [1.807, 2.05) is 17.5 Å². The lowest BCUT2D eigenvalue weighted by molar-refractivity contribution is -0.368. The third-order valence-corrected chi connectivity index (χ3v) is 27.2. The molecule has 22 rings (SSSR count). The molecule has 130 heavy (non-hydrogen) atoms. The normalized spacial score (nSPS) is 38.4. The lowest BCUT2D eigenvalue weighted by Gasteiger charge is -2.48. The Balaban J connectivity index is 0.000000131. The van der Waals surface area contributed by atoms with Crippen molar-refractivity contribution in [1.29, 1.82) is 0 Å². The van der Waals surface area contributed by atoms with E-state index in [1.54, 1.807) is 62.4 Å². The van der Waals surface area contributed by atoms with Crippen LogP contribution in [0, 0.1) is 35.5 Å². The van der Waals surface area contributed by atoms with Crippen LogP contribution in [0.4, 0.5) is 0 Å². The first-order valence-electron chi connectivity index (χ1n) is 47.5. The molecule has 1 aromatic heterocycles. The fourth-order valence-corrected chi connectivity index (χ4v) is 20.9. The smallest absolute Gasteiger partial charge is 0.310 e. The number of aliphatic hydroxyl groups excluding tert-OH is 6. The number of methoxy groups -OCH3 is 6. The number of fused-ring (bicyclic) bond motifs is 12. The van der Waals surface area contributed by atoms with Crippen LogP contribution in [0.2, 0.25) is 0 Å². The van der Waals surface area contributed by atoms with E-state index in [0.29, 0.717) is 33.4 Å². The number of hydrogen-bond donors (Lipinski definition) is 9. The first-order valence-corrected chi connectivity index (χ1v) is 42.4. The summed E-state index contributed by atoms with van der Waals surface area (Å²) in [5.41, 5.74) is 3.68. The molecule has 0 saturated carbocycles. The van der Waals surface area contributed by atoms with Crippen molar-refractivity contribution in [2.45, 2.75) is 161 Å². The number of rotatable bonds is 16. The quantitative estimate of drug-likeness (QED) is 0.0430. The number of carbonyl (C=O) groups excluding carboxylic acids is 3. The summed E-state index contributed by atoms with van der Waals surface area (Å²) in [5, 5.41) is 100. The van der Waals surface area contributed by atoms with Crippen molar-refractivity contribution in [3.8, 4) is 86.2 Å². The summed E-state index contributed by atoms with van der Waals surface area (Å²) in [4.78, 5) is 41.3. The molecule has 6 aromatic carbocycles. The molecule has 40 heteroatoms. The Morgan fingerprint density at radius 3 is 0.969 bits per heavy atom. The summed E-state index contributed by atoms with van der Waals surface area (Å²) in [6.07, 6.45) is -23.1. The molecule has 0 radical (unpaired) electrons. The Morgan fingerprint density at radius 1 is 0.369 bits per heavy atom. The third kappa shape index (κ3) is 15.2. The molecule has 0 amide bonds. The molecule has 0 bridgehead atoms. The number of phenols is 3. The second-order valence-electron chi connectivity index (χ2n) is 33.2. The van der Waals surface area contributed by atoms with Crippen molar-refractivity contribution >= 4 is 29.2 Å². The minimum atomic E-state index is -3.10. The van der Waals surface area contributed by atoms with Gasteiger partial charge < -0.3 is 174 Å². The maximum absolute atomic E-state index is 13.6. The minimum Gasteiger partial charge on any atom is -0.502 e. The van der Waals surface area contributed by atoms with Crippen molar-refractivity contribution in [3.63, 3.8) is 0 Å². The largest absolute Gasteiger partial charge is 0.502 e. The average Bonchev–Trinajstić information content (AvgIpc) is 1.51. The topological polar surface area (TPSA) is 482 Å². The van der Waals surface area contributed by atoms with Gasteiger partial charge in [-0.05, 0) is 148 Å². The van der Waals surface area contributed by atoms with E-state index in [4.69, 9.17) is 144 Å². The van der Waals surface area contributed by atoms with Gasteiger partial charge in [0.15, 0.2) is 107 Å². The van der Waals surface area contributed by atoms with Crippen LogP contribution in [0.5, 0.6) is 86.2 Å². The van der Waals surface area contributed by atoms with Crippen molar-refractivity contribution in [2.24, 2.45) is 35.5 Å². The summed E-state index contributed by atoms with van der Waals surface area (Å²) in [5.74, 6) is -11.1. The van der Waals surface area contributed by atoms with Crippen molar-refractivity contribution in [1.82, 2.24) is 0 Å². The number of thiophene rings is 1. The van der Waals surface area contributed by atoms with Gasteiger partial charge in [-0.25, -0.2) is 0 Å². The third-order valence-electron chi connectivity index (χ3n) is 26.3. The van der Waals surface area contributed by atoms with E-state index in [-0.39, 0.29) is 125 Å². The van der Waals surface area contributed by atoms with E-state index in [0.717, 1.165) is 17.0 Å². The van der Waals surface area contributed by atoms with Gasteiger partial charge in [-0.2, -0.15) is 0 Å². The van der Waals surface area contributed by atoms with E-state index in [1.165, 1.54) is 51.9 Å². The van der Waals surface area contributed by atoms with E-state index in [9.17, 15) is 60.3 Å². The van der Waals surface area contributed by atoms with Gasteiger partial charge in [-0.15, -0.1) is 11.3 Å². The highest BCUT2D eigenvalue weighted by Crippen LogP contribution is 2.62. The number of hydrogen-bond acceptors (Lipinski definition) is 40. The molecule has 7 aromatic rings. The summed E-state index contributed by atoms with van der Waals surface area (Å²) >= 11 is 1.44. The molecule has 13 heterocycles. The van der Waals surface area contributed by atoms with Gasteiger partial charge in [-0.1, -0.05) is 6.07 Å². The van der Waals surface area contributed by atoms with Gasteiger partial charge in [-0.3, -0.25) is 14.4 Å². The second-order valence-corrected chi connectivity index (χ2v) is 34.2. The number of ether oxygens (including phenoxy) is 27. The number of carbonyl (C=O) groups is 3. The SMILES string of the molecule is [2H]C([2H])([2H])Oc1cc([C@@H]2c3cc4c(cc3[C@@H](O[C@@H]3O[C@@H]5CO[C@@H](C)O[C@H]5[C@H](O)[C@H]3O)[C@H]3COC(=O)[C@H]23)OC([2H])([2H])O4)cc(OC([2H])([2H])[2H])c1O.[2H]C1([2H])Oc2cc3c(cc2O1)[C@@H](O[C@@H]1O[C@@H]2CO[C@@H](C)O[C@H]2[C@H](O)[C@H]1O)[C@H]1COC(=O)[C@@H]1[C@@H]3c1cc(OC)c(O)c(OC)c1.[2H]C1([2H])Oc2cc3c(cc2O1)[C@@H](O[C@@H]1O[C@@H]2CO[C@@H](c4cccs4)O[C@H]2[C@H](O)[C@H]1O)[C@H]1COC(=O)[C@@H]1[C@@H]3c1cc(OC)c(O)c(OC)c1. The van der Waals surface area contributed by atoms with Crippen molar-refractivity contribution < 1.29 is 205 Å². The zero-order valence-corrected chi connectivity index (χ0v) is 70.2. The Kier molecular flexibility index (Phi) is 20.2. The lowest BCUT2D eigenvalue weighted by Crippen LogP contribution is -2.63. The highest BCUT2D eigenvalue weighted by Gasteiger charge is 2.61. The van der Waals surface area contributed by atoms with Crippen molar-refractivity contribution in [3.05, 3.63) is 145 Å². The Hall–Kier alpha value is -10.3. The summed E-state index contributed by atoms with van der Waals surface area (Å²) in [6.45, 7) is -4.27. The molecule has 9 fully saturated rings. The molecule has 12 aliphatic heterocycles. The number of aliphatic hydroxyl groups is 6. The lowest BCUT2D eigenvalue weighted by atomic mass is 9.66. The average molecular weight is 1850 g/mol. The predicted octanol–water partition coefficient (Wildman–Crippen LogP) is 5.43. The van der Waals surface area contributed by atoms with E-state index in [2.05, 4.69) is 0 Å². The molecule has 9 N–H and O–H groups in total.